The lowest BCUT2D eigenvalue weighted by atomic mass is 10.0. The Labute approximate surface area is 205 Å². The number of aromatic amines is 1. The van der Waals surface area contributed by atoms with Gasteiger partial charge < -0.3 is 15.4 Å². The highest BCUT2D eigenvalue weighted by Crippen LogP contribution is 2.40. The summed E-state index contributed by atoms with van der Waals surface area (Å²) in [5, 5.41) is 12.4. The zero-order valence-corrected chi connectivity index (χ0v) is 19.9. The number of nitrogens with one attached hydrogen (secondary N) is 3. The molecule has 0 bridgehead atoms. The first-order valence-corrected chi connectivity index (χ1v) is 11.4. The number of benzene rings is 1. The number of nitrogens with zero attached hydrogens (tertiary/aromatic N) is 2. The Morgan fingerprint density at radius 3 is 2.68 bits per heavy atom. The third-order valence-corrected chi connectivity index (χ3v) is 6.02. The molecule has 34 heavy (non-hydrogen) atoms. The van der Waals surface area contributed by atoms with Gasteiger partial charge in [0.15, 0.2) is 0 Å². The minimum absolute atomic E-state index is 0.0545. The lowest BCUT2D eigenvalue weighted by Crippen LogP contribution is -2.49. The van der Waals surface area contributed by atoms with Gasteiger partial charge in [0.25, 0.3) is 5.91 Å². The van der Waals surface area contributed by atoms with Crippen molar-refractivity contribution in [3.8, 4) is 16.9 Å². The maximum absolute atomic E-state index is 15.1. The van der Waals surface area contributed by atoms with Crippen molar-refractivity contribution >= 4 is 35.0 Å². The van der Waals surface area contributed by atoms with Crippen molar-refractivity contribution < 1.29 is 18.7 Å². The van der Waals surface area contributed by atoms with Crippen molar-refractivity contribution in [2.45, 2.75) is 38.3 Å². The number of hydrogen-bond acceptors (Lipinski definition) is 5. The third-order valence-electron chi connectivity index (χ3n) is 5.52. The predicted octanol–water partition coefficient (Wildman–Crippen LogP) is 4.46. The Bertz CT molecular complexity index is 1230. The topological polar surface area (TPSA) is 109 Å². The number of rotatable bonds is 8. The van der Waals surface area contributed by atoms with E-state index in [9.17, 15) is 9.59 Å². The van der Waals surface area contributed by atoms with Crippen molar-refractivity contribution in [3.05, 3.63) is 63.9 Å². The van der Waals surface area contributed by atoms with Crippen LogP contribution >= 0.6 is 23.2 Å². The van der Waals surface area contributed by atoms with Gasteiger partial charge in [0, 0.05) is 28.5 Å². The Morgan fingerprint density at radius 2 is 2.06 bits per heavy atom. The highest BCUT2D eigenvalue weighted by Gasteiger charge is 2.51. The second-order valence-corrected chi connectivity index (χ2v) is 8.83. The van der Waals surface area contributed by atoms with E-state index in [1.165, 1.54) is 24.5 Å². The molecule has 0 unspecified atom stereocenters. The molecule has 178 valence electrons. The first kappa shape index (κ1) is 24.0. The van der Waals surface area contributed by atoms with Crippen molar-refractivity contribution in [1.82, 2.24) is 25.8 Å². The molecule has 0 saturated heterocycles. The predicted molar refractivity (Wildman–Crippen MR) is 125 cm³/mol. The van der Waals surface area contributed by atoms with Crippen LogP contribution in [0.5, 0.6) is 5.75 Å². The minimum Gasteiger partial charge on any atom is -0.492 e. The van der Waals surface area contributed by atoms with Crippen LogP contribution in [0.1, 0.15) is 48.9 Å². The monoisotopic (exact) mass is 505 g/mol. The van der Waals surface area contributed by atoms with E-state index in [-0.39, 0.29) is 11.4 Å². The maximum atomic E-state index is 15.1. The molecular formula is C23H22Cl2FN5O3. The first-order valence-electron chi connectivity index (χ1n) is 10.6. The number of halogens is 3. The molecule has 2 aromatic heterocycles. The number of amides is 2. The average Bonchev–Trinajstić information content (AvgIpc) is 3.36. The molecule has 0 radical (unpaired) electrons. The van der Waals surface area contributed by atoms with Gasteiger partial charge in [0.1, 0.15) is 22.8 Å². The van der Waals surface area contributed by atoms with E-state index < -0.39 is 29.2 Å². The summed E-state index contributed by atoms with van der Waals surface area (Å²) in [6, 6.07) is 5.24. The zero-order valence-electron chi connectivity index (χ0n) is 18.4. The van der Waals surface area contributed by atoms with E-state index in [0.29, 0.717) is 46.4 Å². The quantitative estimate of drug-likeness (QED) is 0.418. The molecule has 1 aromatic carbocycles. The summed E-state index contributed by atoms with van der Waals surface area (Å²) in [5.41, 5.74) is 0.212. The highest BCUT2D eigenvalue weighted by atomic mass is 35.5. The molecule has 1 aliphatic carbocycles. The molecule has 0 aliphatic heterocycles. The molecular weight excluding hydrogens is 484 g/mol. The molecule has 2 amide bonds. The third kappa shape index (κ3) is 4.85. The van der Waals surface area contributed by atoms with Crippen LogP contribution in [0.2, 0.25) is 10.0 Å². The molecule has 3 aromatic rings. The summed E-state index contributed by atoms with van der Waals surface area (Å²) < 4.78 is 20.7. The van der Waals surface area contributed by atoms with Gasteiger partial charge in [-0.05, 0) is 51.0 Å². The molecule has 2 heterocycles. The first-order chi connectivity index (χ1) is 16.2. The van der Waals surface area contributed by atoms with E-state index in [4.69, 9.17) is 27.9 Å². The van der Waals surface area contributed by atoms with Gasteiger partial charge in [0.05, 0.1) is 23.4 Å². The van der Waals surface area contributed by atoms with Crippen LogP contribution < -0.4 is 15.4 Å². The summed E-state index contributed by atoms with van der Waals surface area (Å²) in [4.78, 5) is 29.4. The maximum Gasteiger partial charge on any atom is 0.270 e. The van der Waals surface area contributed by atoms with E-state index in [0.717, 1.165) is 0 Å². The summed E-state index contributed by atoms with van der Waals surface area (Å²) in [7, 11) is 0. The van der Waals surface area contributed by atoms with Gasteiger partial charge in [-0.3, -0.25) is 19.7 Å². The molecule has 11 heteroatoms. The van der Waals surface area contributed by atoms with Gasteiger partial charge in [-0.2, -0.15) is 5.10 Å². The Kier molecular flexibility index (Phi) is 6.77. The molecule has 4 rings (SSSR count). The van der Waals surface area contributed by atoms with Crippen LogP contribution in [0.25, 0.3) is 11.1 Å². The number of carbonyl (C=O) groups excluding carboxylic acids is 2. The smallest absolute Gasteiger partial charge is 0.270 e. The van der Waals surface area contributed by atoms with Gasteiger partial charge in [-0.15, -0.1) is 0 Å². The number of ether oxygens (including phenoxy) is 1. The minimum atomic E-state index is -1.03. The number of hydrogen-bond donors (Lipinski definition) is 3. The fraction of sp³-hybridized carbons (Fsp3) is 0.304. The lowest BCUT2D eigenvalue weighted by Gasteiger charge is -2.21. The molecule has 3 N–H and O–H groups in total. The number of H-pyrrole nitrogens is 1. The van der Waals surface area contributed by atoms with Gasteiger partial charge in [-0.1, -0.05) is 23.2 Å². The van der Waals surface area contributed by atoms with Crippen molar-refractivity contribution in [1.29, 1.82) is 0 Å². The Morgan fingerprint density at radius 1 is 1.29 bits per heavy atom. The normalized spacial score (nSPS) is 14.9. The van der Waals surface area contributed by atoms with E-state index in [2.05, 4.69) is 25.8 Å². The van der Waals surface area contributed by atoms with Crippen LogP contribution in [-0.2, 0) is 4.79 Å². The SMILES string of the molecule is CCOc1c(Cl)cc(Cl)cc1-c1cnc([C@@H](C)NC(=O)C2(NC(=O)c3ccn[nH]3)CC2)c(F)c1. The van der Waals surface area contributed by atoms with Gasteiger partial charge >= 0.3 is 0 Å². The van der Waals surface area contributed by atoms with Crippen LogP contribution in [-0.4, -0.2) is 39.1 Å². The number of aromatic nitrogens is 3. The molecule has 1 saturated carbocycles. The molecule has 1 fully saturated rings. The van der Waals surface area contributed by atoms with Crippen molar-refractivity contribution in [2.75, 3.05) is 6.61 Å². The standard InChI is InChI=1S/C23H22Cl2FN5O3/c1-3-34-20-15(9-14(24)10-16(20)25)13-8-17(26)19(27-11-13)12(2)29-22(33)23(5-6-23)30-21(32)18-4-7-28-31-18/h4,7-12H,3,5-6H2,1-2H3,(H,28,31)(H,29,33)(H,30,32)/t12-/m1/s1. The zero-order chi connectivity index (χ0) is 24.5. The molecule has 1 atom stereocenters. The largest absolute Gasteiger partial charge is 0.492 e. The summed E-state index contributed by atoms with van der Waals surface area (Å²) >= 11 is 12.4. The van der Waals surface area contributed by atoms with Crippen LogP contribution in [0.15, 0.2) is 36.7 Å². The van der Waals surface area contributed by atoms with Crippen molar-refractivity contribution in [2.24, 2.45) is 0 Å². The van der Waals surface area contributed by atoms with Crippen LogP contribution in [0.4, 0.5) is 4.39 Å². The lowest BCUT2D eigenvalue weighted by molar-refractivity contribution is -0.124. The fourth-order valence-electron chi connectivity index (χ4n) is 3.58. The summed E-state index contributed by atoms with van der Waals surface area (Å²) in [6.07, 6.45) is 3.88. The van der Waals surface area contributed by atoms with Crippen LogP contribution in [0.3, 0.4) is 0 Å². The second-order valence-electron chi connectivity index (χ2n) is 7.99. The second kappa shape index (κ2) is 9.60. The average molecular weight is 506 g/mol. The summed E-state index contributed by atoms with van der Waals surface area (Å²) in [6.45, 7) is 3.80. The van der Waals surface area contributed by atoms with Gasteiger partial charge in [-0.25, -0.2) is 4.39 Å². The van der Waals surface area contributed by atoms with Gasteiger partial charge in [0.2, 0.25) is 5.91 Å². The summed E-state index contributed by atoms with van der Waals surface area (Å²) in [5.74, 6) is -1.07. The Hall–Kier alpha value is -3.17. The molecule has 8 nitrogen and oxygen atoms in total. The number of carbonyl (C=O) groups is 2. The Balaban J connectivity index is 1.50. The molecule has 0 spiro atoms. The highest BCUT2D eigenvalue weighted by molar-refractivity contribution is 6.36. The fourth-order valence-corrected chi connectivity index (χ4v) is 4.13. The van der Waals surface area contributed by atoms with Crippen molar-refractivity contribution in [3.63, 3.8) is 0 Å². The number of pyridine rings is 1. The van der Waals surface area contributed by atoms with Crippen LogP contribution in [0, 0.1) is 5.82 Å². The van der Waals surface area contributed by atoms with E-state index >= 15 is 4.39 Å². The molecule has 1 aliphatic rings. The van der Waals surface area contributed by atoms with E-state index in [1.807, 2.05) is 6.92 Å². The van der Waals surface area contributed by atoms with E-state index in [1.54, 1.807) is 19.1 Å².